The van der Waals surface area contributed by atoms with Crippen LogP contribution in [0, 0.1) is 13.8 Å². The number of sulfonamides is 1. The lowest BCUT2D eigenvalue weighted by Crippen LogP contribution is -2.42. The molecule has 1 aliphatic heterocycles. The molecule has 25 heavy (non-hydrogen) atoms. The Bertz CT molecular complexity index is 701. The van der Waals surface area contributed by atoms with Crippen LogP contribution in [-0.2, 0) is 23.6 Å². The van der Waals surface area contributed by atoms with Crippen molar-refractivity contribution in [1.82, 2.24) is 24.7 Å². The molecule has 0 unspecified atom stereocenters. The maximum absolute atomic E-state index is 11.8. The number of nitrogens with one attached hydrogen (secondary N) is 2. The van der Waals surface area contributed by atoms with Gasteiger partial charge in [0.1, 0.15) is 0 Å². The number of hydrogen-bond donors (Lipinski definition) is 2. The summed E-state index contributed by atoms with van der Waals surface area (Å²) in [4.78, 5) is 4.59. The summed E-state index contributed by atoms with van der Waals surface area (Å²) in [6, 6.07) is 0. The Morgan fingerprint density at radius 3 is 2.56 bits per heavy atom. The Morgan fingerprint density at radius 2 is 2.04 bits per heavy atom. The van der Waals surface area contributed by atoms with Crippen LogP contribution < -0.4 is 10.6 Å². The Hall–Kier alpha value is -0.880. The van der Waals surface area contributed by atoms with Gasteiger partial charge in [-0.15, -0.1) is 24.0 Å². The first-order valence-corrected chi connectivity index (χ1v) is 9.95. The van der Waals surface area contributed by atoms with Crippen LogP contribution in [0.25, 0.3) is 0 Å². The number of rotatable bonds is 6. The first-order chi connectivity index (χ1) is 11.3. The van der Waals surface area contributed by atoms with Gasteiger partial charge in [0.25, 0.3) is 0 Å². The van der Waals surface area contributed by atoms with Crippen LogP contribution in [-0.4, -0.2) is 60.4 Å². The molecule has 0 aliphatic carbocycles. The van der Waals surface area contributed by atoms with E-state index >= 15 is 0 Å². The van der Waals surface area contributed by atoms with Crippen molar-refractivity contribution in [3.63, 3.8) is 0 Å². The van der Waals surface area contributed by atoms with E-state index in [9.17, 15) is 8.42 Å². The van der Waals surface area contributed by atoms with E-state index in [2.05, 4.69) is 20.7 Å². The van der Waals surface area contributed by atoms with Gasteiger partial charge in [0, 0.05) is 44.5 Å². The summed E-state index contributed by atoms with van der Waals surface area (Å²) in [7, 11) is -1.11. The van der Waals surface area contributed by atoms with Crippen molar-refractivity contribution in [2.45, 2.75) is 33.7 Å². The number of halogens is 1. The minimum Gasteiger partial charge on any atom is -0.357 e. The highest BCUT2D eigenvalue weighted by Crippen LogP contribution is 2.13. The van der Waals surface area contributed by atoms with Crippen molar-refractivity contribution in [2.75, 3.05) is 31.9 Å². The minimum atomic E-state index is -3.04. The topological polar surface area (TPSA) is 91.6 Å². The van der Waals surface area contributed by atoms with Crippen LogP contribution in [0.15, 0.2) is 4.99 Å². The molecule has 0 aromatic carbocycles. The monoisotopic (exact) mass is 484 g/mol. The maximum Gasteiger partial charge on any atom is 0.214 e. The molecule has 1 aromatic heterocycles. The quantitative estimate of drug-likeness (QED) is 0.353. The van der Waals surface area contributed by atoms with E-state index in [4.69, 9.17) is 0 Å². The highest BCUT2D eigenvalue weighted by atomic mass is 127. The summed E-state index contributed by atoms with van der Waals surface area (Å²) in [5.41, 5.74) is 3.21. The van der Waals surface area contributed by atoms with E-state index in [1.165, 1.54) is 0 Å². The van der Waals surface area contributed by atoms with Crippen LogP contribution in [0.4, 0.5) is 0 Å². The number of aliphatic imine (C=N–C) groups is 1. The van der Waals surface area contributed by atoms with Crippen molar-refractivity contribution in [2.24, 2.45) is 12.0 Å². The summed E-state index contributed by atoms with van der Waals surface area (Å²) in [6.45, 7) is 8.93. The number of aromatic nitrogens is 2. The van der Waals surface area contributed by atoms with Crippen LogP contribution in [0.5, 0.6) is 0 Å². The molecule has 1 aliphatic rings. The molecule has 10 heteroatoms. The fourth-order valence-corrected chi connectivity index (χ4v) is 4.32. The predicted octanol–water partition coefficient (Wildman–Crippen LogP) is 0.746. The molecule has 2 heterocycles. The van der Waals surface area contributed by atoms with Crippen LogP contribution in [0.3, 0.4) is 0 Å². The van der Waals surface area contributed by atoms with E-state index in [0.717, 1.165) is 29.9 Å². The highest BCUT2D eigenvalue weighted by Gasteiger charge is 2.27. The molecule has 0 saturated carbocycles. The molecule has 1 aromatic rings. The van der Waals surface area contributed by atoms with Crippen LogP contribution >= 0.6 is 24.0 Å². The standard InChI is InChI=1S/C15H28N6O2S.HI/c1-5-16-15(17-7-9-21-8-6-10-24(21,22)23)18-11-14-12(2)19-20(4)13(14)3;/h5-11H2,1-4H3,(H2,16,17,18);1H. The zero-order chi connectivity index (χ0) is 17.7. The SMILES string of the molecule is CCNC(=NCc1c(C)nn(C)c1C)NCCN1CCCS1(=O)=O.I. The molecule has 144 valence electrons. The fraction of sp³-hybridized carbons (Fsp3) is 0.733. The van der Waals surface area contributed by atoms with E-state index < -0.39 is 10.0 Å². The second-order valence-electron chi connectivity index (χ2n) is 5.96. The second kappa shape index (κ2) is 9.72. The molecule has 1 fully saturated rings. The number of aryl methyl sites for hydroxylation is 2. The van der Waals surface area contributed by atoms with Gasteiger partial charge in [0.05, 0.1) is 18.0 Å². The zero-order valence-corrected chi connectivity index (χ0v) is 18.5. The minimum absolute atomic E-state index is 0. The Balaban J connectivity index is 0.00000312. The largest absolute Gasteiger partial charge is 0.357 e. The Morgan fingerprint density at radius 1 is 1.32 bits per heavy atom. The van der Waals surface area contributed by atoms with E-state index in [1.54, 1.807) is 4.31 Å². The van der Waals surface area contributed by atoms with Gasteiger partial charge in [-0.05, 0) is 27.2 Å². The Kier molecular flexibility index (Phi) is 8.61. The molecule has 1 saturated heterocycles. The van der Waals surface area contributed by atoms with Gasteiger partial charge >= 0.3 is 0 Å². The maximum atomic E-state index is 11.8. The lowest BCUT2D eigenvalue weighted by atomic mass is 10.2. The predicted molar refractivity (Wildman–Crippen MR) is 111 cm³/mol. The highest BCUT2D eigenvalue weighted by molar-refractivity contribution is 14.0. The summed E-state index contributed by atoms with van der Waals surface area (Å²) in [5.74, 6) is 0.956. The van der Waals surface area contributed by atoms with Gasteiger partial charge in [-0.25, -0.2) is 17.7 Å². The van der Waals surface area contributed by atoms with Crippen molar-refractivity contribution in [3.8, 4) is 0 Å². The molecule has 0 spiro atoms. The summed E-state index contributed by atoms with van der Waals surface area (Å²) in [6.07, 6.45) is 0.718. The molecule has 0 amide bonds. The molecular weight excluding hydrogens is 455 g/mol. The third-order valence-corrected chi connectivity index (χ3v) is 6.21. The van der Waals surface area contributed by atoms with Gasteiger partial charge in [-0.2, -0.15) is 5.10 Å². The van der Waals surface area contributed by atoms with Gasteiger partial charge in [-0.1, -0.05) is 0 Å². The van der Waals surface area contributed by atoms with Crippen LogP contribution in [0.2, 0.25) is 0 Å². The van der Waals surface area contributed by atoms with Crippen molar-refractivity contribution >= 4 is 40.0 Å². The lowest BCUT2D eigenvalue weighted by Gasteiger charge is -2.16. The number of hydrogen-bond acceptors (Lipinski definition) is 4. The molecule has 0 bridgehead atoms. The second-order valence-corrected chi connectivity index (χ2v) is 8.05. The lowest BCUT2D eigenvalue weighted by molar-refractivity contribution is 0.445. The van der Waals surface area contributed by atoms with Gasteiger partial charge in [0.2, 0.25) is 10.0 Å². The van der Waals surface area contributed by atoms with Crippen LogP contribution in [0.1, 0.15) is 30.3 Å². The van der Waals surface area contributed by atoms with Crippen molar-refractivity contribution < 1.29 is 8.42 Å². The Labute approximate surface area is 167 Å². The third-order valence-electron chi connectivity index (χ3n) is 4.26. The normalized spacial score (nSPS) is 17.4. The molecule has 2 N–H and O–H groups in total. The molecule has 0 radical (unpaired) electrons. The summed E-state index contributed by atoms with van der Waals surface area (Å²) >= 11 is 0. The van der Waals surface area contributed by atoms with Crippen molar-refractivity contribution in [3.05, 3.63) is 17.0 Å². The van der Waals surface area contributed by atoms with Crippen molar-refractivity contribution in [1.29, 1.82) is 0 Å². The summed E-state index contributed by atoms with van der Waals surface area (Å²) < 4.78 is 27.0. The fourth-order valence-electron chi connectivity index (χ4n) is 2.79. The first-order valence-electron chi connectivity index (χ1n) is 8.34. The van der Waals surface area contributed by atoms with Gasteiger partial charge in [0.15, 0.2) is 5.96 Å². The van der Waals surface area contributed by atoms with Gasteiger partial charge in [-0.3, -0.25) is 4.68 Å². The number of nitrogens with zero attached hydrogens (tertiary/aromatic N) is 4. The van der Waals surface area contributed by atoms with Gasteiger partial charge < -0.3 is 10.6 Å². The first kappa shape index (κ1) is 22.2. The number of guanidine groups is 1. The molecule has 2 rings (SSSR count). The van der Waals surface area contributed by atoms with E-state index in [1.807, 2.05) is 32.5 Å². The third kappa shape index (κ3) is 5.81. The molecule has 0 atom stereocenters. The smallest absolute Gasteiger partial charge is 0.214 e. The van der Waals surface area contributed by atoms with E-state index in [0.29, 0.717) is 32.1 Å². The molecule has 8 nitrogen and oxygen atoms in total. The summed E-state index contributed by atoms with van der Waals surface area (Å²) in [5, 5.41) is 10.8. The average Bonchev–Trinajstić information content (AvgIpc) is 2.96. The zero-order valence-electron chi connectivity index (χ0n) is 15.4. The van der Waals surface area contributed by atoms with E-state index in [-0.39, 0.29) is 29.7 Å². The molecular formula is C15H29IN6O2S. The average molecular weight is 484 g/mol.